The van der Waals surface area contributed by atoms with Crippen LogP contribution in [0.25, 0.3) is 4.96 Å². The number of aryl methyl sites for hydroxylation is 2. The maximum absolute atomic E-state index is 11.5. The molecule has 16 heavy (non-hydrogen) atoms. The summed E-state index contributed by atoms with van der Waals surface area (Å²) in [6.45, 7) is 2.19. The van der Waals surface area contributed by atoms with E-state index >= 15 is 0 Å². The number of carbonyl (C=O) groups excluding carboxylic acids is 1. The standard InChI is InChI=1S/C11H12N2O2S/c1-2-15-10(14)7-6-13-8-4-3-5-9(8)16-11(13)12-7/h6H,2-5H2,1H3. The molecule has 0 unspecified atom stereocenters. The molecule has 0 N–H and O–H groups in total. The van der Waals surface area contributed by atoms with Gasteiger partial charge in [0.1, 0.15) is 0 Å². The highest BCUT2D eigenvalue weighted by atomic mass is 32.1. The smallest absolute Gasteiger partial charge is 0.358 e. The molecule has 2 aromatic rings. The number of fused-ring (bicyclic) bond motifs is 3. The Kier molecular flexibility index (Phi) is 2.21. The van der Waals surface area contributed by atoms with Gasteiger partial charge in [0.25, 0.3) is 0 Å². The van der Waals surface area contributed by atoms with Crippen molar-refractivity contribution in [2.24, 2.45) is 0 Å². The Hall–Kier alpha value is -1.36. The fourth-order valence-electron chi connectivity index (χ4n) is 2.11. The molecule has 0 atom stereocenters. The predicted octanol–water partition coefficient (Wildman–Crippen LogP) is 2.06. The molecule has 0 saturated carbocycles. The SMILES string of the molecule is CCOC(=O)c1cn2c3c(sc2n1)CCC3. The first-order valence-electron chi connectivity index (χ1n) is 5.46. The fourth-order valence-corrected chi connectivity index (χ4v) is 3.30. The van der Waals surface area contributed by atoms with Gasteiger partial charge in [-0.2, -0.15) is 0 Å². The molecule has 0 spiro atoms. The number of imidazole rings is 1. The number of hydrogen-bond donors (Lipinski definition) is 0. The van der Waals surface area contributed by atoms with Crippen molar-refractivity contribution in [3.63, 3.8) is 0 Å². The lowest BCUT2D eigenvalue weighted by atomic mass is 10.4. The Bertz CT molecular complexity index is 556. The van der Waals surface area contributed by atoms with Gasteiger partial charge in [-0.25, -0.2) is 9.78 Å². The zero-order valence-electron chi connectivity index (χ0n) is 9.02. The minimum Gasteiger partial charge on any atom is -0.461 e. The molecule has 0 radical (unpaired) electrons. The first-order chi connectivity index (χ1) is 7.79. The number of ether oxygens (including phenoxy) is 1. The number of thiazole rings is 1. The van der Waals surface area contributed by atoms with E-state index in [1.54, 1.807) is 24.5 Å². The first kappa shape index (κ1) is 9.84. The topological polar surface area (TPSA) is 43.6 Å². The van der Waals surface area contributed by atoms with Crippen molar-refractivity contribution in [3.8, 4) is 0 Å². The molecule has 0 aliphatic heterocycles. The van der Waals surface area contributed by atoms with Crippen LogP contribution in [0.5, 0.6) is 0 Å². The van der Waals surface area contributed by atoms with Crippen molar-refractivity contribution < 1.29 is 9.53 Å². The first-order valence-corrected chi connectivity index (χ1v) is 6.28. The Morgan fingerprint density at radius 2 is 2.50 bits per heavy atom. The van der Waals surface area contributed by atoms with Crippen LogP contribution in [0.2, 0.25) is 0 Å². The van der Waals surface area contributed by atoms with E-state index in [0.717, 1.165) is 17.8 Å². The molecule has 84 valence electrons. The van der Waals surface area contributed by atoms with Crippen LogP contribution >= 0.6 is 11.3 Å². The molecule has 5 heteroatoms. The van der Waals surface area contributed by atoms with Crippen molar-refractivity contribution in [2.45, 2.75) is 26.2 Å². The molecule has 0 bridgehead atoms. The molecular formula is C11H12N2O2S. The Labute approximate surface area is 96.9 Å². The summed E-state index contributed by atoms with van der Waals surface area (Å²) in [4.78, 5) is 18.1. The van der Waals surface area contributed by atoms with E-state index < -0.39 is 0 Å². The molecule has 0 saturated heterocycles. The average Bonchev–Trinajstić information content (AvgIpc) is 2.87. The van der Waals surface area contributed by atoms with E-state index in [1.165, 1.54) is 17.0 Å². The Morgan fingerprint density at radius 3 is 3.31 bits per heavy atom. The van der Waals surface area contributed by atoms with Crippen LogP contribution in [0, 0.1) is 0 Å². The zero-order valence-corrected chi connectivity index (χ0v) is 9.84. The van der Waals surface area contributed by atoms with Crippen molar-refractivity contribution in [1.82, 2.24) is 9.38 Å². The highest BCUT2D eigenvalue weighted by Gasteiger charge is 2.21. The van der Waals surface area contributed by atoms with E-state index in [0.29, 0.717) is 12.3 Å². The van der Waals surface area contributed by atoms with E-state index in [9.17, 15) is 4.79 Å². The van der Waals surface area contributed by atoms with Crippen LogP contribution < -0.4 is 0 Å². The molecule has 4 nitrogen and oxygen atoms in total. The quantitative estimate of drug-likeness (QED) is 0.750. The van der Waals surface area contributed by atoms with Crippen LogP contribution in [0.1, 0.15) is 34.4 Å². The average molecular weight is 236 g/mol. The molecular weight excluding hydrogens is 224 g/mol. The Balaban J connectivity index is 2.04. The summed E-state index contributed by atoms with van der Waals surface area (Å²) < 4.78 is 6.98. The van der Waals surface area contributed by atoms with Crippen molar-refractivity contribution in [3.05, 3.63) is 22.5 Å². The van der Waals surface area contributed by atoms with E-state index in [-0.39, 0.29) is 5.97 Å². The number of aromatic nitrogens is 2. The number of carbonyl (C=O) groups is 1. The summed E-state index contributed by atoms with van der Waals surface area (Å²) >= 11 is 1.69. The molecule has 2 aromatic heterocycles. The maximum atomic E-state index is 11.5. The summed E-state index contributed by atoms with van der Waals surface area (Å²) in [6.07, 6.45) is 5.25. The molecule has 0 amide bonds. The van der Waals surface area contributed by atoms with Crippen molar-refractivity contribution >= 4 is 22.3 Å². The van der Waals surface area contributed by atoms with Gasteiger partial charge >= 0.3 is 5.97 Å². The van der Waals surface area contributed by atoms with Crippen molar-refractivity contribution in [2.75, 3.05) is 6.61 Å². The highest BCUT2D eigenvalue weighted by molar-refractivity contribution is 7.17. The summed E-state index contributed by atoms with van der Waals surface area (Å²) in [6, 6.07) is 0. The normalized spacial score (nSPS) is 14.3. The highest BCUT2D eigenvalue weighted by Crippen LogP contribution is 2.30. The lowest BCUT2D eigenvalue weighted by Crippen LogP contribution is -2.04. The largest absolute Gasteiger partial charge is 0.461 e. The second kappa shape index (κ2) is 3.59. The molecule has 0 aromatic carbocycles. The number of esters is 1. The third kappa shape index (κ3) is 1.35. The van der Waals surface area contributed by atoms with Gasteiger partial charge in [-0.1, -0.05) is 0 Å². The Morgan fingerprint density at radius 1 is 1.62 bits per heavy atom. The molecule has 1 aliphatic carbocycles. The van der Waals surface area contributed by atoms with Gasteiger partial charge in [0.05, 0.1) is 6.61 Å². The van der Waals surface area contributed by atoms with Gasteiger partial charge < -0.3 is 4.74 Å². The predicted molar refractivity (Wildman–Crippen MR) is 61.1 cm³/mol. The van der Waals surface area contributed by atoms with E-state index in [2.05, 4.69) is 4.98 Å². The summed E-state index contributed by atoms with van der Waals surface area (Å²) in [5.74, 6) is -0.329. The second-order valence-electron chi connectivity index (χ2n) is 3.82. The fraction of sp³-hybridized carbons (Fsp3) is 0.455. The van der Waals surface area contributed by atoms with Gasteiger partial charge in [-0.15, -0.1) is 11.3 Å². The second-order valence-corrected chi connectivity index (χ2v) is 4.89. The molecule has 3 rings (SSSR count). The summed E-state index contributed by atoms with van der Waals surface area (Å²) in [7, 11) is 0. The van der Waals surface area contributed by atoms with Gasteiger partial charge in [-0.05, 0) is 26.2 Å². The monoisotopic (exact) mass is 236 g/mol. The van der Waals surface area contributed by atoms with E-state index in [4.69, 9.17) is 4.74 Å². The third-order valence-corrected chi connectivity index (χ3v) is 3.96. The van der Waals surface area contributed by atoms with Crippen LogP contribution in [0.15, 0.2) is 6.20 Å². The minimum absolute atomic E-state index is 0.329. The molecule has 2 heterocycles. The van der Waals surface area contributed by atoms with Crippen LogP contribution in [-0.2, 0) is 17.6 Å². The van der Waals surface area contributed by atoms with Gasteiger partial charge in [0.15, 0.2) is 10.7 Å². The van der Waals surface area contributed by atoms with Gasteiger partial charge in [0, 0.05) is 16.8 Å². The number of hydrogen-bond acceptors (Lipinski definition) is 4. The molecule has 1 aliphatic rings. The van der Waals surface area contributed by atoms with E-state index in [1.807, 2.05) is 4.40 Å². The minimum atomic E-state index is -0.329. The van der Waals surface area contributed by atoms with Gasteiger partial charge in [0.2, 0.25) is 0 Å². The van der Waals surface area contributed by atoms with Crippen molar-refractivity contribution in [1.29, 1.82) is 0 Å². The van der Waals surface area contributed by atoms with Gasteiger partial charge in [-0.3, -0.25) is 4.40 Å². The lowest BCUT2D eigenvalue weighted by Gasteiger charge is -1.95. The lowest BCUT2D eigenvalue weighted by molar-refractivity contribution is 0.0520. The van der Waals surface area contributed by atoms with Crippen LogP contribution in [-0.4, -0.2) is 22.0 Å². The number of rotatable bonds is 2. The summed E-state index contributed by atoms with van der Waals surface area (Å²) in [5.41, 5.74) is 1.74. The van der Waals surface area contributed by atoms with Crippen LogP contribution in [0.3, 0.4) is 0 Å². The third-order valence-electron chi connectivity index (χ3n) is 2.80. The summed E-state index contributed by atoms with van der Waals surface area (Å²) in [5, 5.41) is 0. The maximum Gasteiger partial charge on any atom is 0.358 e. The molecule has 0 fully saturated rings. The van der Waals surface area contributed by atoms with Crippen LogP contribution in [0.4, 0.5) is 0 Å². The zero-order chi connectivity index (χ0) is 11.1. The number of nitrogens with zero attached hydrogens (tertiary/aromatic N) is 2.